The van der Waals surface area contributed by atoms with E-state index in [0.29, 0.717) is 11.7 Å². The van der Waals surface area contributed by atoms with E-state index in [9.17, 15) is 0 Å². The molecule has 3 atom stereocenters. The van der Waals surface area contributed by atoms with Crippen LogP contribution in [0.5, 0.6) is 0 Å². The van der Waals surface area contributed by atoms with E-state index in [-0.39, 0.29) is 0 Å². The predicted octanol–water partition coefficient (Wildman–Crippen LogP) is 11.2. The molecule has 3 unspecified atom stereocenters. The lowest BCUT2D eigenvalue weighted by molar-refractivity contribution is 0.420. The van der Waals surface area contributed by atoms with Crippen LogP contribution in [0.4, 0.5) is 0 Å². The number of hydrogen-bond donors (Lipinski definition) is 0. The van der Waals surface area contributed by atoms with Crippen molar-refractivity contribution in [2.75, 3.05) is 0 Å². The Balaban J connectivity index is 1.10. The molecule has 0 saturated heterocycles. The molecule has 5 aromatic carbocycles. The lowest BCUT2D eigenvalue weighted by atomic mass is 9.83. The average molecular weight is 633 g/mol. The summed E-state index contributed by atoms with van der Waals surface area (Å²) in [5.41, 5.74) is 11.4. The minimum Gasteiger partial charge on any atom is -0.228 e. The maximum atomic E-state index is 5.13. The van der Waals surface area contributed by atoms with Crippen LogP contribution < -0.4 is 0 Å². The molecule has 0 spiro atoms. The smallest absolute Gasteiger partial charge is 0.160 e. The van der Waals surface area contributed by atoms with Crippen LogP contribution >= 0.6 is 0 Å². The topological polar surface area (TPSA) is 51.6 Å². The second-order valence-electron chi connectivity index (χ2n) is 13.5. The predicted molar refractivity (Wildman–Crippen MR) is 198 cm³/mol. The van der Waals surface area contributed by atoms with Crippen LogP contribution in [-0.4, -0.2) is 19.9 Å². The summed E-state index contributed by atoms with van der Waals surface area (Å²) in [6.07, 6.45) is 5.51. The zero-order valence-electron chi connectivity index (χ0n) is 27.3. The first-order chi connectivity index (χ1) is 24.2. The van der Waals surface area contributed by atoms with E-state index in [0.717, 1.165) is 73.8 Å². The highest BCUT2D eigenvalue weighted by atomic mass is 14.9. The van der Waals surface area contributed by atoms with E-state index in [2.05, 4.69) is 97.1 Å². The van der Waals surface area contributed by atoms with Gasteiger partial charge in [-0.3, -0.25) is 0 Å². The Kier molecular flexibility index (Phi) is 7.62. The molecule has 4 nitrogen and oxygen atoms in total. The third kappa shape index (κ3) is 5.95. The molecule has 7 aromatic rings. The summed E-state index contributed by atoms with van der Waals surface area (Å²) in [5, 5.41) is 0. The van der Waals surface area contributed by atoms with Gasteiger partial charge in [-0.25, -0.2) is 19.9 Å². The average Bonchev–Trinajstić information content (AvgIpc) is 3.84. The van der Waals surface area contributed by atoms with Crippen LogP contribution in [-0.2, 0) is 0 Å². The summed E-state index contributed by atoms with van der Waals surface area (Å²) in [5.74, 6) is 3.84. The summed E-state index contributed by atoms with van der Waals surface area (Å²) in [4.78, 5) is 20.3. The molecule has 2 saturated carbocycles. The van der Waals surface area contributed by atoms with Gasteiger partial charge < -0.3 is 0 Å². The van der Waals surface area contributed by atoms with Crippen molar-refractivity contribution in [2.24, 2.45) is 11.8 Å². The van der Waals surface area contributed by atoms with Gasteiger partial charge >= 0.3 is 0 Å². The maximum absolute atomic E-state index is 5.13. The van der Waals surface area contributed by atoms with Gasteiger partial charge in [-0.15, -0.1) is 0 Å². The monoisotopic (exact) mass is 632 g/mol. The van der Waals surface area contributed by atoms with E-state index in [1.54, 1.807) is 0 Å². The Hall–Kier alpha value is -5.74. The van der Waals surface area contributed by atoms with Crippen LogP contribution in [0.3, 0.4) is 0 Å². The highest BCUT2D eigenvalue weighted by Crippen LogP contribution is 2.53. The Morgan fingerprint density at radius 3 is 1.33 bits per heavy atom. The standard InChI is InChI=1S/C45H36N4/c1-4-11-31(12-5-1)40-28-41(32-13-6-2-7-14-32)47-45(46-40)35-23-21-33(22-24-35)42-29-43(49-44(48-42)34-15-8-3-9-16-34)38-18-10-17-36(27-38)39-26-30-19-20-37(39)25-30/h1-18,21-24,27-30,37,39H,19-20,25-26H2. The SMILES string of the molecule is c1ccc(-c2cc(-c3ccccc3)nc(-c3ccc(-c4cc(-c5cccc(C6CC7CCC6C7)c5)nc(-c5ccccc5)n4)cc3)n2)cc1. The maximum Gasteiger partial charge on any atom is 0.160 e. The first-order valence-electron chi connectivity index (χ1n) is 17.4. The summed E-state index contributed by atoms with van der Waals surface area (Å²) in [7, 11) is 0. The van der Waals surface area contributed by atoms with Gasteiger partial charge in [0.1, 0.15) is 0 Å². The molecule has 2 fully saturated rings. The second kappa shape index (κ2) is 12.7. The highest BCUT2D eigenvalue weighted by molar-refractivity contribution is 5.75. The highest BCUT2D eigenvalue weighted by Gasteiger charge is 2.40. The van der Waals surface area contributed by atoms with Gasteiger partial charge in [0.2, 0.25) is 0 Å². The third-order valence-corrected chi connectivity index (χ3v) is 10.4. The minimum atomic E-state index is 0.672. The first kappa shape index (κ1) is 29.4. The summed E-state index contributed by atoms with van der Waals surface area (Å²) in [6, 6.07) is 52.7. The van der Waals surface area contributed by atoms with Crippen LogP contribution in [0.2, 0.25) is 0 Å². The zero-order valence-corrected chi connectivity index (χ0v) is 27.3. The van der Waals surface area contributed by atoms with Crippen molar-refractivity contribution in [2.45, 2.75) is 31.6 Å². The van der Waals surface area contributed by atoms with Gasteiger partial charge in [0, 0.05) is 33.4 Å². The van der Waals surface area contributed by atoms with Gasteiger partial charge in [-0.05, 0) is 60.8 Å². The largest absolute Gasteiger partial charge is 0.228 e. The molecule has 49 heavy (non-hydrogen) atoms. The molecular formula is C45H36N4. The lowest BCUT2D eigenvalue weighted by Crippen LogP contribution is -2.08. The Morgan fingerprint density at radius 1 is 0.367 bits per heavy atom. The molecular weight excluding hydrogens is 597 g/mol. The van der Waals surface area contributed by atoms with Crippen LogP contribution in [0.1, 0.15) is 37.2 Å². The molecule has 0 N–H and O–H groups in total. The van der Waals surface area contributed by atoms with E-state index in [4.69, 9.17) is 19.9 Å². The molecule has 9 rings (SSSR count). The molecule has 2 aromatic heterocycles. The second-order valence-corrected chi connectivity index (χ2v) is 13.5. The van der Waals surface area contributed by atoms with E-state index in [1.165, 1.54) is 31.2 Å². The summed E-state index contributed by atoms with van der Waals surface area (Å²) < 4.78 is 0. The van der Waals surface area contributed by atoms with Crippen LogP contribution in [0, 0.1) is 11.8 Å². The van der Waals surface area contributed by atoms with Gasteiger partial charge in [0.25, 0.3) is 0 Å². The zero-order chi connectivity index (χ0) is 32.6. The fourth-order valence-electron chi connectivity index (χ4n) is 7.92. The molecule has 2 aliphatic rings. The van der Waals surface area contributed by atoms with E-state index in [1.807, 2.05) is 54.6 Å². The Labute approximate surface area is 287 Å². The fraction of sp³-hybridized carbons (Fsp3) is 0.156. The van der Waals surface area contributed by atoms with Crippen molar-refractivity contribution in [1.82, 2.24) is 19.9 Å². The Morgan fingerprint density at radius 2 is 0.816 bits per heavy atom. The lowest BCUT2D eigenvalue weighted by Gasteiger charge is -2.22. The molecule has 2 bridgehead atoms. The number of nitrogens with zero attached hydrogens (tertiary/aromatic N) is 4. The number of fused-ring (bicyclic) bond motifs is 2. The van der Waals surface area contributed by atoms with Crippen molar-refractivity contribution in [3.63, 3.8) is 0 Å². The molecule has 0 aliphatic heterocycles. The summed E-state index contributed by atoms with van der Waals surface area (Å²) >= 11 is 0. The van der Waals surface area contributed by atoms with Crippen molar-refractivity contribution in [3.05, 3.63) is 157 Å². The number of hydrogen-bond acceptors (Lipinski definition) is 4. The molecule has 0 radical (unpaired) electrons. The number of aromatic nitrogens is 4. The Bertz CT molecular complexity index is 2170. The van der Waals surface area contributed by atoms with Gasteiger partial charge in [0.15, 0.2) is 11.6 Å². The van der Waals surface area contributed by atoms with E-state index < -0.39 is 0 Å². The third-order valence-electron chi connectivity index (χ3n) is 10.4. The van der Waals surface area contributed by atoms with Crippen molar-refractivity contribution in [3.8, 4) is 67.8 Å². The number of rotatable bonds is 7. The molecule has 0 amide bonds. The van der Waals surface area contributed by atoms with Gasteiger partial charge in [0.05, 0.1) is 22.8 Å². The number of benzene rings is 5. The van der Waals surface area contributed by atoms with Crippen molar-refractivity contribution >= 4 is 0 Å². The van der Waals surface area contributed by atoms with Crippen molar-refractivity contribution < 1.29 is 0 Å². The van der Waals surface area contributed by atoms with Crippen molar-refractivity contribution in [1.29, 1.82) is 0 Å². The van der Waals surface area contributed by atoms with E-state index >= 15 is 0 Å². The van der Waals surface area contributed by atoms with Gasteiger partial charge in [-0.2, -0.15) is 0 Å². The van der Waals surface area contributed by atoms with Gasteiger partial charge in [-0.1, -0.05) is 140 Å². The summed E-state index contributed by atoms with van der Waals surface area (Å²) in [6.45, 7) is 0. The fourth-order valence-corrected chi connectivity index (χ4v) is 7.92. The molecule has 4 heteroatoms. The molecule has 236 valence electrons. The van der Waals surface area contributed by atoms with Crippen LogP contribution in [0.15, 0.2) is 152 Å². The molecule has 2 aliphatic carbocycles. The first-order valence-corrected chi connectivity index (χ1v) is 17.4. The normalized spacial score (nSPS) is 18.1. The quantitative estimate of drug-likeness (QED) is 0.175. The minimum absolute atomic E-state index is 0.672. The molecule has 2 heterocycles. The van der Waals surface area contributed by atoms with Crippen LogP contribution in [0.25, 0.3) is 67.8 Å².